The highest BCUT2D eigenvalue weighted by atomic mass is 35.5. The van der Waals surface area contributed by atoms with E-state index in [4.69, 9.17) is 16.3 Å². The molecule has 1 unspecified atom stereocenters. The third kappa shape index (κ3) is 3.64. The van der Waals surface area contributed by atoms with Gasteiger partial charge in [0.1, 0.15) is 5.75 Å². The molecule has 0 aliphatic heterocycles. The van der Waals surface area contributed by atoms with Crippen LogP contribution in [0.25, 0.3) is 0 Å². The molecule has 1 aromatic carbocycles. The van der Waals surface area contributed by atoms with Crippen LogP contribution >= 0.6 is 11.6 Å². The van der Waals surface area contributed by atoms with Crippen LogP contribution in [0, 0.1) is 6.92 Å². The van der Waals surface area contributed by atoms with Crippen molar-refractivity contribution >= 4 is 17.3 Å². The fourth-order valence-electron chi connectivity index (χ4n) is 1.99. The van der Waals surface area contributed by atoms with Crippen LogP contribution in [-0.4, -0.2) is 11.6 Å². The monoisotopic (exact) mass is 290 g/mol. The first-order chi connectivity index (χ1) is 9.60. The highest BCUT2D eigenvalue weighted by Gasteiger charge is 2.09. The Balaban J connectivity index is 2.11. The number of hydrogen-bond acceptors (Lipinski definition) is 3. The minimum absolute atomic E-state index is 0.145. The van der Waals surface area contributed by atoms with Gasteiger partial charge in [-0.15, -0.1) is 0 Å². The maximum atomic E-state index is 6.10. The van der Waals surface area contributed by atoms with Crippen molar-refractivity contribution in [2.24, 2.45) is 0 Å². The van der Waals surface area contributed by atoms with E-state index in [0.29, 0.717) is 11.8 Å². The van der Waals surface area contributed by atoms with Gasteiger partial charge >= 0.3 is 0 Å². The lowest BCUT2D eigenvalue weighted by atomic mass is 10.1. The van der Waals surface area contributed by atoms with E-state index < -0.39 is 0 Å². The van der Waals surface area contributed by atoms with Crippen LogP contribution in [0.2, 0.25) is 5.15 Å². The lowest BCUT2D eigenvalue weighted by Gasteiger charge is -2.17. The van der Waals surface area contributed by atoms with E-state index in [-0.39, 0.29) is 6.04 Å². The van der Waals surface area contributed by atoms with E-state index in [0.717, 1.165) is 17.0 Å². The molecular weight excluding hydrogens is 272 g/mol. The molecular formula is C16H19ClN2O. The second-order valence-corrected chi connectivity index (χ2v) is 5.08. The summed E-state index contributed by atoms with van der Waals surface area (Å²) in [6.45, 7) is 6.74. The first kappa shape index (κ1) is 14.7. The lowest BCUT2D eigenvalue weighted by Crippen LogP contribution is -2.07. The Morgan fingerprint density at radius 1 is 1.30 bits per heavy atom. The molecule has 20 heavy (non-hydrogen) atoms. The number of pyridine rings is 1. The van der Waals surface area contributed by atoms with Crippen molar-refractivity contribution in [3.05, 3.63) is 52.8 Å². The molecule has 0 saturated carbocycles. The number of benzene rings is 1. The van der Waals surface area contributed by atoms with Gasteiger partial charge in [0.2, 0.25) is 0 Å². The van der Waals surface area contributed by atoms with E-state index in [2.05, 4.69) is 29.4 Å². The Bertz CT molecular complexity index is 569. The predicted octanol–water partition coefficient (Wildman–Crippen LogP) is 4.62. The molecule has 3 nitrogen and oxygen atoms in total. The molecule has 0 spiro atoms. The highest BCUT2D eigenvalue weighted by molar-refractivity contribution is 6.31. The van der Waals surface area contributed by atoms with Gasteiger partial charge in [-0.25, -0.2) is 4.98 Å². The van der Waals surface area contributed by atoms with Gasteiger partial charge in [0.15, 0.2) is 5.15 Å². The average Bonchev–Trinajstić information content (AvgIpc) is 2.44. The van der Waals surface area contributed by atoms with Crippen LogP contribution in [0.4, 0.5) is 5.69 Å². The second kappa shape index (κ2) is 6.62. The Labute approximate surface area is 124 Å². The molecule has 1 N–H and O–H groups in total. The van der Waals surface area contributed by atoms with Gasteiger partial charge in [0.05, 0.1) is 12.3 Å². The summed E-state index contributed by atoms with van der Waals surface area (Å²) in [6, 6.07) is 10.2. The smallest absolute Gasteiger partial charge is 0.152 e. The van der Waals surface area contributed by atoms with Crippen LogP contribution in [0.5, 0.6) is 5.75 Å². The van der Waals surface area contributed by atoms with Crippen LogP contribution in [-0.2, 0) is 0 Å². The Hall–Kier alpha value is -1.74. The van der Waals surface area contributed by atoms with E-state index in [1.165, 1.54) is 5.56 Å². The first-order valence-corrected chi connectivity index (χ1v) is 7.09. The number of ether oxygens (including phenoxy) is 1. The molecule has 4 heteroatoms. The van der Waals surface area contributed by atoms with Crippen molar-refractivity contribution < 1.29 is 4.74 Å². The molecule has 0 amide bonds. The summed E-state index contributed by atoms with van der Waals surface area (Å²) in [4.78, 5) is 4.15. The molecule has 0 aliphatic rings. The van der Waals surface area contributed by atoms with E-state index in [9.17, 15) is 0 Å². The third-order valence-electron chi connectivity index (χ3n) is 3.04. The SMILES string of the molecule is CCOc1ccc(C(C)Nc2cc(C)cnc2Cl)cc1. The fraction of sp³-hybridized carbons (Fsp3) is 0.312. The van der Waals surface area contributed by atoms with E-state index >= 15 is 0 Å². The molecule has 1 atom stereocenters. The van der Waals surface area contributed by atoms with E-state index in [1.807, 2.05) is 32.0 Å². The normalized spacial score (nSPS) is 12.0. The zero-order valence-corrected chi connectivity index (χ0v) is 12.7. The predicted molar refractivity (Wildman–Crippen MR) is 83.6 cm³/mol. The Morgan fingerprint density at radius 3 is 2.65 bits per heavy atom. The zero-order valence-electron chi connectivity index (χ0n) is 12.0. The van der Waals surface area contributed by atoms with E-state index in [1.54, 1.807) is 6.20 Å². The largest absolute Gasteiger partial charge is 0.494 e. The van der Waals surface area contributed by atoms with Crippen LogP contribution < -0.4 is 10.1 Å². The average molecular weight is 291 g/mol. The van der Waals surface area contributed by atoms with Gasteiger partial charge in [-0.3, -0.25) is 0 Å². The van der Waals surface area contributed by atoms with Crippen molar-refractivity contribution in [1.29, 1.82) is 0 Å². The van der Waals surface area contributed by atoms with Crippen molar-refractivity contribution in [3.63, 3.8) is 0 Å². The number of aromatic nitrogens is 1. The number of nitrogens with one attached hydrogen (secondary N) is 1. The van der Waals surface area contributed by atoms with Gasteiger partial charge in [0, 0.05) is 12.2 Å². The summed E-state index contributed by atoms with van der Waals surface area (Å²) in [5, 5.41) is 3.88. The minimum atomic E-state index is 0.145. The lowest BCUT2D eigenvalue weighted by molar-refractivity contribution is 0.340. The standard InChI is InChI=1S/C16H19ClN2O/c1-4-20-14-7-5-13(6-8-14)12(3)19-15-9-11(2)10-18-16(15)17/h5-10,12,19H,4H2,1-3H3. The van der Waals surface area contributed by atoms with Gasteiger partial charge in [-0.1, -0.05) is 23.7 Å². The fourth-order valence-corrected chi connectivity index (χ4v) is 2.15. The molecule has 2 rings (SSSR count). The number of aryl methyl sites for hydroxylation is 1. The van der Waals surface area contributed by atoms with Crippen molar-refractivity contribution in [2.75, 3.05) is 11.9 Å². The summed E-state index contributed by atoms with van der Waals surface area (Å²) >= 11 is 6.10. The first-order valence-electron chi connectivity index (χ1n) is 6.71. The third-order valence-corrected chi connectivity index (χ3v) is 3.34. The molecule has 1 aromatic heterocycles. The summed E-state index contributed by atoms with van der Waals surface area (Å²) in [5.41, 5.74) is 3.11. The Morgan fingerprint density at radius 2 is 2.00 bits per heavy atom. The van der Waals surface area contributed by atoms with Crippen molar-refractivity contribution in [3.8, 4) is 5.75 Å². The number of hydrogen-bond donors (Lipinski definition) is 1. The topological polar surface area (TPSA) is 34.1 Å². The number of rotatable bonds is 5. The van der Waals surface area contributed by atoms with Crippen LogP contribution in [0.1, 0.15) is 31.0 Å². The highest BCUT2D eigenvalue weighted by Crippen LogP contribution is 2.26. The van der Waals surface area contributed by atoms with Crippen LogP contribution in [0.15, 0.2) is 36.5 Å². The molecule has 1 heterocycles. The molecule has 106 valence electrons. The molecule has 0 aliphatic carbocycles. The molecule has 0 bridgehead atoms. The summed E-state index contributed by atoms with van der Waals surface area (Å²) < 4.78 is 5.44. The quantitative estimate of drug-likeness (QED) is 0.816. The number of nitrogens with zero attached hydrogens (tertiary/aromatic N) is 1. The molecule has 2 aromatic rings. The van der Waals surface area contributed by atoms with Gasteiger partial charge in [-0.05, 0) is 50.1 Å². The molecule has 0 saturated heterocycles. The van der Waals surface area contributed by atoms with Crippen molar-refractivity contribution in [1.82, 2.24) is 4.98 Å². The maximum absolute atomic E-state index is 6.10. The van der Waals surface area contributed by atoms with Gasteiger partial charge in [-0.2, -0.15) is 0 Å². The van der Waals surface area contributed by atoms with Gasteiger partial charge in [0.25, 0.3) is 0 Å². The van der Waals surface area contributed by atoms with Gasteiger partial charge < -0.3 is 10.1 Å². The second-order valence-electron chi connectivity index (χ2n) is 4.72. The minimum Gasteiger partial charge on any atom is -0.494 e. The summed E-state index contributed by atoms with van der Waals surface area (Å²) in [5.74, 6) is 0.888. The molecule has 0 fully saturated rings. The zero-order chi connectivity index (χ0) is 14.5. The summed E-state index contributed by atoms with van der Waals surface area (Å²) in [7, 11) is 0. The van der Waals surface area contributed by atoms with Crippen molar-refractivity contribution in [2.45, 2.75) is 26.8 Å². The van der Waals surface area contributed by atoms with Crippen LogP contribution in [0.3, 0.4) is 0 Å². The maximum Gasteiger partial charge on any atom is 0.152 e. The number of anilines is 1. The molecule has 0 radical (unpaired) electrons. The Kier molecular flexibility index (Phi) is 4.85. The summed E-state index contributed by atoms with van der Waals surface area (Å²) in [6.07, 6.45) is 1.76. The number of halogens is 1.